The molecule has 0 aliphatic heterocycles. The molecule has 2 rings (SSSR count). The molecule has 1 atom stereocenters. The molecule has 2 aromatic rings. The van der Waals surface area contributed by atoms with Gasteiger partial charge < -0.3 is 5.11 Å². The van der Waals surface area contributed by atoms with Gasteiger partial charge in [0.2, 0.25) is 10.0 Å². The number of nitrogens with zero attached hydrogens (tertiary/aromatic N) is 1. The summed E-state index contributed by atoms with van der Waals surface area (Å²) < 4.78 is 26.1. The topological polar surface area (TPSA) is 74.7 Å². The fourth-order valence-corrected chi connectivity index (χ4v) is 3.58. The van der Waals surface area contributed by atoms with Crippen LogP contribution in [-0.2, 0) is 21.2 Å². The number of carbonyl (C=O) groups is 1. The fraction of sp³-hybridized carbons (Fsp3) is 0.235. The smallest absolute Gasteiger partial charge is 0.322 e. The fourth-order valence-electron chi connectivity index (χ4n) is 2.25. The molecule has 0 aromatic heterocycles. The maximum atomic E-state index is 12.6. The van der Waals surface area contributed by atoms with Gasteiger partial charge in [0.15, 0.2) is 0 Å². The molecule has 1 unspecified atom stereocenters. The Labute approximate surface area is 136 Å². The van der Waals surface area contributed by atoms with Crippen molar-refractivity contribution in [2.24, 2.45) is 0 Å². The Kier molecular flexibility index (Phi) is 5.18. The van der Waals surface area contributed by atoms with Crippen LogP contribution in [-0.4, -0.2) is 36.9 Å². The van der Waals surface area contributed by atoms with Crippen molar-refractivity contribution in [2.75, 3.05) is 7.05 Å². The van der Waals surface area contributed by atoms with Gasteiger partial charge in [-0.3, -0.25) is 4.79 Å². The summed E-state index contributed by atoms with van der Waals surface area (Å²) in [5, 5.41) is 9.46. The van der Waals surface area contributed by atoms with E-state index in [1.165, 1.54) is 19.2 Å². The Hall–Kier alpha value is -2.18. The first-order valence-corrected chi connectivity index (χ1v) is 8.58. The SMILES string of the molecule is Cc1ccc(CC(C(=O)O)N(C)S(=O)(=O)c2ccccc2)cc1. The van der Waals surface area contributed by atoms with Gasteiger partial charge in [0.25, 0.3) is 0 Å². The molecular weight excluding hydrogens is 314 g/mol. The molecule has 6 heteroatoms. The van der Waals surface area contributed by atoms with Crippen LogP contribution in [0.1, 0.15) is 11.1 Å². The van der Waals surface area contributed by atoms with Crippen molar-refractivity contribution in [3.05, 3.63) is 65.7 Å². The largest absolute Gasteiger partial charge is 0.480 e. The highest BCUT2D eigenvalue weighted by atomic mass is 32.2. The number of hydrogen-bond donors (Lipinski definition) is 1. The Bertz CT molecular complexity index is 770. The van der Waals surface area contributed by atoms with Gasteiger partial charge >= 0.3 is 5.97 Å². The molecule has 122 valence electrons. The van der Waals surface area contributed by atoms with Crippen molar-refractivity contribution in [2.45, 2.75) is 24.3 Å². The quantitative estimate of drug-likeness (QED) is 0.880. The third-order valence-corrected chi connectivity index (χ3v) is 5.57. The van der Waals surface area contributed by atoms with Gasteiger partial charge in [-0.05, 0) is 31.0 Å². The number of sulfonamides is 1. The third-order valence-electron chi connectivity index (χ3n) is 3.69. The van der Waals surface area contributed by atoms with Crippen LogP contribution in [0, 0.1) is 6.92 Å². The van der Waals surface area contributed by atoms with Gasteiger partial charge in [-0.2, -0.15) is 4.31 Å². The molecular formula is C17H19NO4S. The van der Waals surface area contributed by atoms with Crippen molar-refractivity contribution < 1.29 is 18.3 Å². The number of aliphatic carboxylic acids is 1. The molecule has 0 aliphatic rings. The molecule has 0 spiro atoms. The molecule has 0 fully saturated rings. The van der Waals surface area contributed by atoms with Crippen LogP contribution in [0.4, 0.5) is 0 Å². The molecule has 23 heavy (non-hydrogen) atoms. The average Bonchev–Trinajstić information content (AvgIpc) is 2.54. The number of carboxylic acids is 1. The number of aryl methyl sites for hydroxylation is 1. The lowest BCUT2D eigenvalue weighted by Gasteiger charge is -2.24. The summed E-state index contributed by atoms with van der Waals surface area (Å²) in [5.41, 5.74) is 1.84. The molecule has 1 N–H and O–H groups in total. The summed E-state index contributed by atoms with van der Waals surface area (Å²) in [6.45, 7) is 1.93. The molecule has 0 heterocycles. The molecule has 0 aliphatic carbocycles. The van der Waals surface area contributed by atoms with E-state index in [4.69, 9.17) is 0 Å². The average molecular weight is 333 g/mol. The standard InChI is InChI=1S/C17H19NO4S/c1-13-8-10-14(11-9-13)12-16(17(19)20)18(2)23(21,22)15-6-4-3-5-7-15/h3-11,16H,12H2,1-2H3,(H,19,20). The zero-order valence-corrected chi connectivity index (χ0v) is 13.8. The van der Waals surface area contributed by atoms with Gasteiger partial charge in [0.1, 0.15) is 6.04 Å². The second kappa shape index (κ2) is 6.93. The van der Waals surface area contributed by atoms with E-state index in [1.54, 1.807) is 18.2 Å². The first-order chi connectivity index (χ1) is 10.8. The Morgan fingerprint density at radius 1 is 1.09 bits per heavy atom. The summed E-state index contributed by atoms with van der Waals surface area (Å²) in [5.74, 6) is -1.17. The monoisotopic (exact) mass is 333 g/mol. The van der Waals surface area contributed by atoms with Crippen LogP contribution in [0.15, 0.2) is 59.5 Å². The molecule has 0 saturated carbocycles. The lowest BCUT2D eigenvalue weighted by atomic mass is 10.0. The molecule has 5 nitrogen and oxygen atoms in total. The van der Waals surface area contributed by atoms with Gasteiger partial charge in [-0.25, -0.2) is 8.42 Å². The highest BCUT2D eigenvalue weighted by molar-refractivity contribution is 7.89. The van der Waals surface area contributed by atoms with Crippen LogP contribution in [0.5, 0.6) is 0 Å². The van der Waals surface area contributed by atoms with Crippen molar-refractivity contribution in [3.63, 3.8) is 0 Å². The van der Waals surface area contributed by atoms with Crippen LogP contribution >= 0.6 is 0 Å². The van der Waals surface area contributed by atoms with E-state index in [2.05, 4.69) is 0 Å². The molecule has 0 amide bonds. The van der Waals surface area contributed by atoms with Gasteiger partial charge in [-0.1, -0.05) is 48.0 Å². The zero-order valence-electron chi connectivity index (χ0n) is 13.0. The number of hydrogen-bond acceptors (Lipinski definition) is 3. The minimum absolute atomic E-state index is 0.0812. The predicted molar refractivity (Wildman–Crippen MR) is 87.7 cm³/mol. The zero-order chi connectivity index (χ0) is 17.0. The highest BCUT2D eigenvalue weighted by Gasteiger charge is 2.32. The minimum atomic E-state index is -3.86. The molecule has 0 saturated heterocycles. The second-order valence-corrected chi connectivity index (χ2v) is 7.38. The molecule has 2 aromatic carbocycles. The normalized spacial score (nSPS) is 13.0. The van der Waals surface area contributed by atoms with Crippen molar-refractivity contribution in [3.8, 4) is 0 Å². The number of carboxylic acid groups (broad SMARTS) is 1. The number of benzene rings is 2. The second-order valence-electron chi connectivity index (χ2n) is 5.38. The van der Waals surface area contributed by atoms with Gasteiger partial charge in [-0.15, -0.1) is 0 Å². The van der Waals surface area contributed by atoms with E-state index < -0.39 is 22.0 Å². The van der Waals surface area contributed by atoms with Crippen molar-refractivity contribution in [1.29, 1.82) is 0 Å². The number of likely N-dealkylation sites (N-methyl/N-ethyl adjacent to an activating group) is 1. The lowest BCUT2D eigenvalue weighted by molar-refractivity contribution is -0.141. The molecule has 0 bridgehead atoms. The maximum absolute atomic E-state index is 12.6. The van der Waals surface area contributed by atoms with E-state index in [9.17, 15) is 18.3 Å². The summed E-state index contributed by atoms with van der Waals surface area (Å²) in [6.07, 6.45) is 0.109. The first kappa shape index (κ1) is 17.2. The predicted octanol–water partition coefficient (Wildman–Crippen LogP) is 2.31. The van der Waals surface area contributed by atoms with E-state index in [-0.39, 0.29) is 11.3 Å². The van der Waals surface area contributed by atoms with E-state index in [0.717, 1.165) is 15.4 Å². The van der Waals surface area contributed by atoms with Crippen LogP contribution < -0.4 is 0 Å². The van der Waals surface area contributed by atoms with E-state index in [0.29, 0.717) is 0 Å². The van der Waals surface area contributed by atoms with Crippen LogP contribution in [0.25, 0.3) is 0 Å². The summed E-state index contributed by atoms with van der Waals surface area (Å²) in [4.78, 5) is 11.7. The van der Waals surface area contributed by atoms with Gasteiger partial charge in [0.05, 0.1) is 4.90 Å². The summed E-state index contributed by atoms with van der Waals surface area (Å²) >= 11 is 0. The lowest BCUT2D eigenvalue weighted by Crippen LogP contribution is -2.43. The van der Waals surface area contributed by atoms with Crippen molar-refractivity contribution in [1.82, 2.24) is 4.31 Å². The number of rotatable bonds is 6. The van der Waals surface area contributed by atoms with Crippen LogP contribution in [0.3, 0.4) is 0 Å². The van der Waals surface area contributed by atoms with Gasteiger partial charge in [0, 0.05) is 7.05 Å². The van der Waals surface area contributed by atoms with Crippen molar-refractivity contribution >= 4 is 16.0 Å². The Morgan fingerprint density at radius 3 is 2.17 bits per heavy atom. The van der Waals surface area contributed by atoms with Crippen LogP contribution in [0.2, 0.25) is 0 Å². The maximum Gasteiger partial charge on any atom is 0.322 e. The summed E-state index contributed by atoms with van der Waals surface area (Å²) in [6, 6.07) is 14.0. The minimum Gasteiger partial charge on any atom is -0.480 e. The van der Waals surface area contributed by atoms with E-state index in [1.807, 2.05) is 31.2 Å². The highest BCUT2D eigenvalue weighted by Crippen LogP contribution is 2.19. The third kappa shape index (κ3) is 3.97. The molecule has 0 radical (unpaired) electrons. The Balaban J connectivity index is 2.30. The summed E-state index contributed by atoms with van der Waals surface area (Å²) in [7, 11) is -2.56. The van der Waals surface area contributed by atoms with E-state index >= 15 is 0 Å². The first-order valence-electron chi connectivity index (χ1n) is 7.14. The Morgan fingerprint density at radius 2 is 1.65 bits per heavy atom.